The van der Waals surface area contributed by atoms with Crippen LogP contribution in [0.5, 0.6) is 0 Å². The first-order valence-electron chi connectivity index (χ1n) is 25.0. The van der Waals surface area contributed by atoms with Gasteiger partial charge in [-0.1, -0.05) is 194 Å². The summed E-state index contributed by atoms with van der Waals surface area (Å²) in [5.41, 5.74) is 3.16. The maximum Gasteiger partial charge on any atom is 0.341 e. The van der Waals surface area contributed by atoms with Crippen LogP contribution in [0.2, 0.25) is 0 Å². The first-order chi connectivity index (χ1) is 39.2. The van der Waals surface area contributed by atoms with E-state index < -0.39 is 49.3 Å². The van der Waals surface area contributed by atoms with Crippen LogP contribution in [0.1, 0.15) is 66.8 Å². The number of nitriles is 4. The highest BCUT2D eigenvalue weighted by atomic mass is 16.7. The van der Waals surface area contributed by atoms with Crippen molar-refractivity contribution in [1.82, 2.24) is 0 Å². The number of rotatable bonds is 19. The molecule has 0 saturated carbocycles. The molecule has 0 N–H and O–H groups in total. The van der Waals surface area contributed by atoms with Crippen LogP contribution < -0.4 is 0 Å². The molecule has 0 aliphatic carbocycles. The summed E-state index contributed by atoms with van der Waals surface area (Å²) in [5.74, 6) is -5.71. The number of esters is 4. The zero-order chi connectivity index (χ0) is 56.1. The Hall–Kier alpha value is -11.4. The van der Waals surface area contributed by atoms with Crippen LogP contribution in [-0.2, 0) is 38.1 Å². The summed E-state index contributed by atoms with van der Waals surface area (Å²) in [6.07, 6.45) is 3.98. The van der Waals surface area contributed by atoms with Gasteiger partial charge in [-0.15, -0.1) is 0 Å². The van der Waals surface area contributed by atoms with E-state index >= 15 is 9.59 Å². The standard InChI is InChI=1S/C68H46N4O8/c69-41-51-29-13-17-33-56(51)60(37-47-21-5-1-6-22-47)64(73)77-45-55(46-78-65(74)61(38-48-23-7-2-8-24-48)57-34-18-14-30-52(57)42-70)68(79-66(75)62(39-49-25-9-3-10-26-49)58-35-19-15-31-53(58)43-71)80-67(76)63(40-50-27-11-4-12-28-50)59-36-20-16-32-54(59)44-72/h1-40,55,68H,45-46H2/b60-37+,61-38+,62-39-,63-40-. The summed E-state index contributed by atoms with van der Waals surface area (Å²) in [6.45, 7) is -1.55. The second kappa shape index (κ2) is 27.4. The van der Waals surface area contributed by atoms with Crippen LogP contribution in [-0.4, -0.2) is 43.4 Å². The number of carbonyl (C=O) groups is 4. The van der Waals surface area contributed by atoms with E-state index in [0.717, 1.165) is 0 Å². The monoisotopic (exact) mass is 1050 g/mol. The molecule has 0 fully saturated rings. The number of ether oxygens (including phenoxy) is 4. The Morgan fingerprint density at radius 2 is 0.550 bits per heavy atom. The fourth-order valence-electron chi connectivity index (χ4n) is 8.39. The quantitative estimate of drug-likeness (QED) is 0.0244. The summed E-state index contributed by atoms with van der Waals surface area (Å²) < 4.78 is 24.9. The Morgan fingerprint density at radius 3 is 0.800 bits per heavy atom. The van der Waals surface area contributed by atoms with Crippen molar-refractivity contribution < 1.29 is 38.1 Å². The molecule has 12 heteroatoms. The smallest absolute Gasteiger partial charge is 0.341 e. The van der Waals surface area contributed by atoms with Crippen molar-refractivity contribution >= 4 is 70.5 Å². The Kier molecular flexibility index (Phi) is 18.8. The third-order valence-corrected chi connectivity index (χ3v) is 12.4. The molecule has 80 heavy (non-hydrogen) atoms. The van der Waals surface area contributed by atoms with Gasteiger partial charge in [0.05, 0.1) is 68.8 Å². The molecule has 0 spiro atoms. The van der Waals surface area contributed by atoms with Gasteiger partial charge in [0.15, 0.2) is 0 Å². The van der Waals surface area contributed by atoms with E-state index in [9.17, 15) is 30.6 Å². The molecule has 8 aromatic rings. The largest absolute Gasteiger partial charge is 0.461 e. The molecule has 0 aliphatic heterocycles. The first kappa shape index (κ1) is 54.8. The van der Waals surface area contributed by atoms with E-state index in [0.29, 0.717) is 22.3 Å². The molecule has 0 saturated heterocycles. The number of carbonyl (C=O) groups excluding carboxylic acids is 4. The molecular weight excluding hydrogens is 1000 g/mol. The van der Waals surface area contributed by atoms with E-state index in [-0.39, 0.29) is 66.8 Å². The van der Waals surface area contributed by atoms with E-state index in [4.69, 9.17) is 18.9 Å². The van der Waals surface area contributed by atoms with E-state index in [1.165, 1.54) is 24.3 Å². The summed E-state index contributed by atoms with van der Waals surface area (Å²) >= 11 is 0. The van der Waals surface area contributed by atoms with Crippen molar-refractivity contribution in [1.29, 1.82) is 21.0 Å². The minimum absolute atomic E-state index is 0.0433. The topological polar surface area (TPSA) is 200 Å². The molecule has 0 bridgehead atoms. The molecular formula is C68H46N4O8. The average molecular weight is 1050 g/mol. The lowest BCUT2D eigenvalue weighted by atomic mass is 9.97. The third kappa shape index (κ3) is 14.1. The van der Waals surface area contributed by atoms with Crippen LogP contribution in [0.15, 0.2) is 218 Å². The number of hydrogen-bond donors (Lipinski definition) is 0. The minimum atomic E-state index is -2.10. The van der Waals surface area contributed by atoms with Gasteiger partial charge in [-0.25, -0.2) is 19.2 Å². The van der Waals surface area contributed by atoms with Gasteiger partial charge in [-0.2, -0.15) is 21.0 Å². The Balaban J connectivity index is 1.29. The molecule has 0 aromatic heterocycles. The predicted octanol–water partition coefficient (Wildman–Crippen LogP) is 12.6. The molecule has 0 radical (unpaired) electrons. The second-order valence-corrected chi connectivity index (χ2v) is 17.6. The summed E-state index contributed by atoms with van der Waals surface area (Å²) in [4.78, 5) is 60.0. The van der Waals surface area contributed by atoms with Crippen molar-refractivity contribution in [2.24, 2.45) is 5.92 Å². The molecule has 0 heterocycles. The van der Waals surface area contributed by atoms with Crippen molar-refractivity contribution in [3.63, 3.8) is 0 Å². The van der Waals surface area contributed by atoms with Crippen LogP contribution in [0.25, 0.3) is 46.6 Å². The van der Waals surface area contributed by atoms with E-state index in [1.54, 1.807) is 218 Å². The fourth-order valence-corrected chi connectivity index (χ4v) is 8.39. The highest BCUT2D eigenvalue weighted by Crippen LogP contribution is 2.31. The molecule has 8 aromatic carbocycles. The van der Waals surface area contributed by atoms with Crippen LogP contribution in [0.4, 0.5) is 0 Å². The number of benzene rings is 8. The maximum absolute atomic E-state index is 15.2. The third-order valence-electron chi connectivity index (χ3n) is 12.4. The van der Waals surface area contributed by atoms with Crippen LogP contribution >= 0.6 is 0 Å². The summed E-state index contributed by atoms with van der Waals surface area (Å²) in [5, 5.41) is 41.1. The number of hydrogen-bond acceptors (Lipinski definition) is 12. The van der Waals surface area contributed by atoms with Gasteiger partial charge in [0, 0.05) is 22.3 Å². The molecule has 12 nitrogen and oxygen atoms in total. The molecule has 0 aliphatic rings. The van der Waals surface area contributed by atoms with Crippen LogP contribution in [0, 0.1) is 51.2 Å². The Labute approximate surface area is 462 Å². The fraction of sp³-hybridized carbons (Fsp3) is 0.0588. The molecule has 386 valence electrons. The highest BCUT2D eigenvalue weighted by Gasteiger charge is 2.36. The van der Waals surface area contributed by atoms with Crippen molar-refractivity contribution in [3.05, 3.63) is 285 Å². The van der Waals surface area contributed by atoms with Gasteiger partial charge < -0.3 is 18.9 Å². The van der Waals surface area contributed by atoms with Gasteiger partial charge in [-0.05, 0) is 70.8 Å². The molecule has 0 amide bonds. The van der Waals surface area contributed by atoms with Gasteiger partial charge in [-0.3, -0.25) is 0 Å². The maximum atomic E-state index is 15.2. The second-order valence-electron chi connectivity index (χ2n) is 17.6. The van der Waals surface area contributed by atoms with Crippen LogP contribution in [0.3, 0.4) is 0 Å². The van der Waals surface area contributed by atoms with Crippen molar-refractivity contribution in [2.75, 3.05) is 13.2 Å². The lowest BCUT2D eigenvalue weighted by Crippen LogP contribution is -2.39. The lowest BCUT2D eigenvalue weighted by molar-refractivity contribution is -0.197. The van der Waals surface area contributed by atoms with E-state index in [1.807, 2.05) is 0 Å². The SMILES string of the molecule is N#Cc1ccccc1/C(=C/c1ccccc1)C(=O)OC(OC(=O)/C(=C\c1ccccc1)c1ccccc1C#N)C(COC(=O)/C(=C/c1ccccc1)c1ccccc1C#N)COC(=O)/C(=C/c1ccccc1)c1ccccc1C#N. The first-order valence-corrected chi connectivity index (χ1v) is 25.0. The van der Waals surface area contributed by atoms with Gasteiger partial charge >= 0.3 is 23.9 Å². The predicted molar refractivity (Wildman–Crippen MR) is 303 cm³/mol. The summed E-state index contributed by atoms with van der Waals surface area (Å²) in [6, 6.07) is 69.1. The zero-order valence-corrected chi connectivity index (χ0v) is 42.7. The van der Waals surface area contributed by atoms with Crippen molar-refractivity contribution in [2.45, 2.75) is 6.29 Å². The minimum Gasteiger partial charge on any atom is -0.461 e. The molecule has 8 rings (SSSR count). The lowest BCUT2D eigenvalue weighted by Gasteiger charge is -2.27. The molecule has 0 unspecified atom stereocenters. The number of nitrogens with zero attached hydrogens (tertiary/aromatic N) is 4. The highest BCUT2D eigenvalue weighted by molar-refractivity contribution is 6.24. The van der Waals surface area contributed by atoms with Gasteiger partial charge in [0.2, 0.25) is 0 Å². The van der Waals surface area contributed by atoms with Gasteiger partial charge in [0.25, 0.3) is 6.29 Å². The van der Waals surface area contributed by atoms with E-state index in [2.05, 4.69) is 24.3 Å². The average Bonchev–Trinajstić information content (AvgIpc) is 3.53. The zero-order valence-electron chi connectivity index (χ0n) is 42.7. The van der Waals surface area contributed by atoms with Gasteiger partial charge in [0.1, 0.15) is 19.1 Å². The summed E-state index contributed by atoms with van der Waals surface area (Å²) in [7, 11) is 0. The Morgan fingerprint density at radius 1 is 0.325 bits per heavy atom. The molecule has 0 atom stereocenters. The normalized spacial score (nSPS) is 11.9. The van der Waals surface area contributed by atoms with Crippen molar-refractivity contribution in [3.8, 4) is 24.3 Å². The Bertz CT molecular complexity index is 3610.